The Bertz CT molecular complexity index is 2800. The summed E-state index contributed by atoms with van der Waals surface area (Å²) in [6, 6.07) is 2.62. The molecule has 394 valence electrons. The van der Waals surface area contributed by atoms with E-state index >= 15 is 4.79 Å². The van der Waals surface area contributed by atoms with Crippen LogP contribution in [0.25, 0.3) is 0 Å². The standard InChI is InChI=1S/C42H42N8O24/c1-40(2)66-17-28(70-40)32-30(34-39(69-32)74-42(5,6)72-34)44(36(52)19-9-23(47(58)59)14-24(10-19)48(60)61)16-27(67-37(53)20-11-25(49(62)63)15-26(12-20)50(64)65)31-29(33-38(68-31)73-41(3,4)71-33)43-35(51)18-7-21(45(54)55)13-22(8-18)46(56)57/h7-15,27-34,38-39H,16-17H2,1-6H3,(H,43,51)/t27-,28-,29-,30-,31+,32+,33+,34+,38+,39+/m0/s1. The number of carbonyl (C=O) groups excluding carboxylic acids is 3. The molecule has 74 heavy (non-hydrogen) atoms. The van der Waals surface area contributed by atoms with Crippen LogP contribution in [0.5, 0.6) is 0 Å². The number of nitro groups is 6. The fourth-order valence-corrected chi connectivity index (χ4v) is 9.21. The molecule has 32 heteroatoms. The second kappa shape index (κ2) is 19.2. The molecule has 2 amide bonds. The summed E-state index contributed by atoms with van der Waals surface area (Å²) in [6.07, 6.45) is -12.0. The Morgan fingerprint density at radius 3 is 1.46 bits per heavy atom. The number of ether oxygens (including phenoxy) is 9. The number of rotatable bonds is 16. The molecule has 0 radical (unpaired) electrons. The first kappa shape index (κ1) is 52.5. The first-order valence-corrected chi connectivity index (χ1v) is 22.0. The van der Waals surface area contributed by atoms with Crippen LogP contribution >= 0.6 is 0 Å². The molecule has 32 nitrogen and oxygen atoms in total. The molecule has 3 aromatic carbocycles. The number of fused-ring (bicyclic) bond motifs is 2. The van der Waals surface area contributed by atoms with Crippen molar-refractivity contribution in [3.63, 3.8) is 0 Å². The maximum Gasteiger partial charge on any atom is 0.339 e. The summed E-state index contributed by atoms with van der Waals surface area (Å²) in [5, 5.41) is 74.5. The van der Waals surface area contributed by atoms with E-state index in [1.807, 2.05) is 0 Å². The zero-order chi connectivity index (χ0) is 54.1. The highest BCUT2D eigenvalue weighted by Gasteiger charge is 2.63. The average Bonchev–Trinajstić information content (AvgIpc) is 4.10. The lowest BCUT2D eigenvalue weighted by Gasteiger charge is -2.40. The van der Waals surface area contributed by atoms with E-state index in [1.165, 1.54) is 27.7 Å². The minimum atomic E-state index is -2.09. The first-order chi connectivity index (χ1) is 34.5. The van der Waals surface area contributed by atoms with Crippen LogP contribution in [0.4, 0.5) is 34.1 Å². The van der Waals surface area contributed by atoms with Crippen molar-refractivity contribution in [3.8, 4) is 0 Å². The highest BCUT2D eigenvalue weighted by Crippen LogP contribution is 2.45. The van der Waals surface area contributed by atoms with Gasteiger partial charge in [-0.25, -0.2) is 4.79 Å². The number of hydrogen-bond acceptors (Lipinski definition) is 24. The lowest BCUT2D eigenvalue weighted by Crippen LogP contribution is -2.60. The molecule has 0 bridgehead atoms. The number of benzene rings is 3. The third-order valence-electron chi connectivity index (χ3n) is 12.2. The van der Waals surface area contributed by atoms with Gasteiger partial charge in [0.2, 0.25) is 0 Å². The van der Waals surface area contributed by atoms with Gasteiger partial charge < -0.3 is 52.8 Å². The number of nitrogens with one attached hydrogen (secondary N) is 1. The minimum absolute atomic E-state index is 0.200. The Morgan fingerprint density at radius 2 is 1.01 bits per heavy atom. The van der Waals surface area contributed by atoms with E-state index in [0.717, 1.165) is 4.90 Å². The average molecular weight is 1040 g/mol. The highest BCUT2D eigenvalue weighted by molar-refractivity contribution is 5.97. The van der Waals surface area contributed by atoms with Gasteiger partial charge in [0.15, 0.2) is 29.9 Å². The predicted molar refractivity (Wildman–Crippen MR) is 237 cm³/mol. The van der Waals surface area contributed by atoms with Gasteiger partial charge in [-0.1, -0.05) is 0 Å². The molecule has 10 atom stereocenters. The van der Waals surface area contributed by atoms with Crippen molar-refractivity contribution in [2.45, 2.75) is 120 Å². The van der Waals surface area contributed by atoms with E-state index in [2.05, 4.69) is 5.32 Å². The summed E-state index contributed by atoms with van der Waals surface area (Å²) < 4.78 is 55.1. The molecule has 0 saturated carbocycles. The van der Waals surface area contributed by atoms with Crippen molar-refractivity contribution in [3.05, 3.63) is 132 Å². The molecular weight excluding hydrogens is 1000 g/mol. The summed E-state index contributed by atoms with van der Waals surface area (Å²) in [4.78, 5) is 111. The molecule has 5 aliphatic rings. The predicted octanol–water partition coefficient (Wildman–Crippen LogP) is 3.88. The summed E-state index contributed by atoms with van der Waals surface area (Å²) in [5.74, 6) is -8.28. The largest absolute Gasteiger partial charge is 0.454 e. The van der Waals surface area contributed by atoms with Gasteiger partial charge in [-0.2, -0.15) is 0 Å². The molecule has 0 aliphatic carbocycles. The van der Waals surface area contributed by atoms with Crippen LogP contribution in [0, 0.1) is 60.7 Å². The topological polar surface area (TPSA) is 408 Å². The summed E-state index contributed by atoms with van der Waals surface area (Å²) >= 11 is 0. The Morgan fingerprint density at radius 1 is 0.581 bits per heavy atom. The second-order valence-electron chi connectivity index (χ2n) is 18.7. The molecule has 5 heterocycles. The second-order valence-corrected chi connectivity index (χ2v) is 18.7. The maximum absolute atomic E-state index is 15.5. The molecule has 0 spiro atoms. The summed E-state index contributed by atoms with van der Waals surface area (Å²) in [7, 11) is 0. The molecule has 8 rings (SSSR count). The van der Waals surface area contributed by atoms with Crippen molar-refractivity contribution in [1.29, 1.82) is 0 Å². The Balaban J connectivity index is 1.31. The quantitative estimate of drug-likeness (QED) is 0.121. The monoisotopic (exact) mass is 1040 g/mol. The van der Waals surface area contributed by atoms with Crippen LogP contribution in [-0.2, 0) is 42.6 Å². The number of nitrogens with zero attached hydrogens (tertiary/aromatic N) is 7. The Kier molecular flexibility index (Phi) is 13.6. The SMILES string of the molecule is CC1(C)O[C@H]2O[C@H]([C@H](CN(C(=O)c3cc([N+](=O)[O-])cc([N+](=O)[O-])c3)[C@@H]3[C@H]4OC(C)(C)O[C@H]4O[C@@H]3[C@@H]3COC(C)(C)O3)OC(=O)c3cc([N+](=O)[O-])cc([N+](=O)[O-])c3)[C@H](NC(=O)c3cc([N+](=O)[O-])cc([N+](=O)[O-])c3)[C@H]2O1. The van der Waals surface area contributed by atoms with Crippen molar-refractivity contribution in [2.24, 2.45) is 0 Å². The fourth-order valence-electron chi connectivity index (χ4n) is 9.21. The molecule has 0 aromatic heterocycles. The van der Waals surface area contributed by atoms with Gasteiger partial charge in [0.25, 0.3) is 45.9 Å². The smallest absolute Gasteiger partial charge is 0.339 e. The van der Waals surface area contributed by atoms with Crippen molar-refractivity contribution < 1.29 is 86.6 Å². The van der Waals surface area contributed by atoms with Gasteiger partial charge >= 0.3 is 5.97 Å². The van der Waals surface area contributed by atoms with Crippen molar-refractivity contribution in [2.75, 3.05) is 13.2 Å². The Labute approximate surface area is 413 Å². The molecule has 5 saturated heterocycles. The van der Waals surface area contributed by atoms with Gasteiger partial charge in [0.05, 0.1) is 89.7 Å². The van der Waals surface area contributed by atoms with Gasteiger partial charge in [-0.15, -0.1) is 0 Å². The van der Waals surface area contributed by atoms with E-state index in [0.29, 0.717) is 54.6 Å². The van der Waals surface area contributed by atoms with Crippen LogP contribution in [0.3, 0.4) is 0 Å². The van der Waals surface area contributed by atoms with E-state index in [-0.39, 0.29) is 6.61 Å². The van der Waals surface area contributed by atoms with Crippen LogP contribution in [0.2, 0.25) is 0 Å². The number of amides is 2. The zero-order valence-electron chi connectivity index (χ0n) is 39.3. The molecule has 1 N–H and O–H groups in total. The minimum Gasteiger partial charge on any atom is -0.454 e. The first-order valence-electron chi connectivity index (χ1n) is 22.0. The zero-order valence-corrected chi connectivity index (χ0v) is 39.3. The third kappa shape index (κ3) is 10.6. The van der Waals surface area contributed by atoms with Gasteiger partial charge in [-0.3, -0.25) is 70.3 Å². The van der Waals surface area contributed by atoms with E-state index in [4.69, 9.17) is 42.6 Å². The molecular formula is C42H42N8O24. The van der Waals surface area contributed by atoms with Gasteiger partial charge in [-0.05, 0) is 41.5 Å². The fraction of sp³-hybridized carbons (Fsp3) is 0.500. The van der Waals surface area contributed by atoms with E-state index in [1.54, 1.807) is 13.8 Å². The van der Waals surface area contributed by atoms with Crippen LogP contribution < -0.4 is 5.32 Å². The van der Waals surface area contributed by atoms with Crippen LogP contribution in [0.15, 0.2) is 54.6 Å². The number of carbonyl (C=O) groups is 3. The molecule has 0 unspecified atom stereocenters. The summed E-state index contributed by atoms with van der Waals surface area (Å²) in [5.41, 5.74) is -7.63. The molecule has 5 fully saturated rings. The van der Waals surface area contributed by atoms with Crippen LogP contribution in [0.1, 0.15) is 72.6 Å². The normalized spacial score (nSPS) is 27.3. The number of hydrogen-bond donors (Lipinski definition) is 1. The molecule has 3 aromatic rings. The van der Waals surface area contributed by atoms with E-state index < -0.39 is 183 Å². The lowest BCUT2D eigenvalue weighted by molar-refractivity contribution is -0.394. The van der Waals surface area contributed by atoms with Crippen LogP contribution in [-0.4, -0.2) is 144 Å². The van der Waals surface area contributed by atoms with Crippen molar-refractivity contribution >= 4 is 51.9 Å². The summed E-state index contributed by atoms with van der Waals surface area (Å²) in [6.45, 7) is 7.76. The number of esters is 1. The van der Waals surface area contributed by atoms with Gasteiger partial charge in [0, 0.05) is 36.4 Å². The van der Waals surface area contributed by atoms with Crippen molar-refractivity contribution in [1.82, 2.24) is 10.2 Å². The number of non-ortho nitro benzene ring substituents is 6. The molecule has 5 aliphatic heterocycles. The highest BCUT2D eigenvalue weighted by atomic mass is 16.8. The number of nitro benzene ring substituents is 6. The van der Waals surface area contributed by atoms with E-state index in [9.17, 15) is 70.3 Å². The maximum atomic E-state index is 15.5. The van der Waals surface area contributed by atoms with Gasteiger partial charge in [0.1, 0.15) is 36.6 Å². The third-order valence-corrected chi connectivity index (χ3v) is 12.2. The lowest BCUT2D eigenvalue weighted by atomic mass is 9.96. The Hall–Kier alpha value is -7.85.